The van der Waals surface area contributed by atoms with Gasteiger partial charge in [-0.05, 0) is 62.4 Å². The van der Waals surface area contributed by atoms with E-state index >= 15 is 0 Å². The van der Waals surface area contributed by atoms with Crippen LogP contribution in [0.3, 0.4) is 0 Å². The third-order valence-electron chi connectivity index (χ3n) is 4.81. The summed E-state index contributed by atoms with van der Waals surface area (Å²) < 4.78 is 42.3. The van der Waals surface area contributed by atoms with Gasteiger partial charge in [-0.25, -0.2) is 27.3 Å². The molecule has 0 bridgehead atoms. The van der Waals surface area contributed by atoms with Crippen molar-refractivity contribution in [3.63, 3.8) is 0 Å². The highest BCUT2D eigenvalue weighted by Gasteiger charge is 2.20. The molecule has 2 aromatic heterocycles. The van der Waals surface area contributed by atoms with E-state index in [1.165, 1.54) is 24.5 Å². The highest BCUT2D eigenvalue weighted by atomic mass is 32.2. The van der Waals surface area contributed by atoms with Crippen LogP contribution in [0.4, 0.5) is 20.6 Å². The minimum absolute atomic E-state index is 0.00777. The van der Waals surface area contributed by atoms with E-state index in [1.807, 2.05) is 11.6 Å². The van der Waals surface area contributed by atoms with Crippen molar-refractivity contribution in [2.24, 2.45) is 0 Å². The number of thiophene rings is 1. The van der Waals surface area contributed by atoms with Crippen molar-refractivity contribution in [1.29, 1.82) is 0 Å². The van der Waals surface area contributed by atoms with E-state index in [-0.39, 0.29) is 15.6 Å². The lowest BCUT2D eigenvalue weighted by atomic mass is 10.2. The normalized spacial score (nSPS) is 11.4. The van der Waals surface area contributed by atoms with Gasteiger partial charge in [0.15, 0.2) is 0 Å². The number of halogens is 1. The standard InChI is InChI=1S/C22H20FN5O4S2/c1-3-24-14-5-7-16-18(11-14)25-12-28(21(16)29)19-8-6-15(10-17(19)23)26-22(30)27-34(31,32)20-9-4-13(2)33-20/h4-12,24H,3H2,1-2H3,(H2,26,27,30). The molecule has 0 aliphatic heterocycles. The van der Waals surface area contributed by atoms with Gasteiger partial charge in [0.1, 0.15) is 16.4 Å². The summed E-state index contributed by atoms with van der Waals surface area (Å²) in [6, 6.07) is 10.7. The van der Waals surface area contributed by atoms with Gasteiger partial charge >= 0.3 is 6.03 Å². The number of nitrogens with zero attached hydrogens (tertiary/aromatic N) is 2. The zero-order chi connectivity index (χ0) is 24.5. The maximum Gasteiger partial charge on any atom is 0.333 e. The van der Waals surface area contributed by atoms with Crippen LogP contribution in [0.2, 0.25) is 0 Å². The zero-order valence-electron chi connectivity index (χ0n) is 18.1. The fourth-order valence-electron chi connectivity index (χ4n) is 3.27. The minimum Gasteiger partial charge on any atom is -0.385 e. The summed E-state index contributed by atoms with van der Waals surface area (Å²) in [5.74, 6) is -0.804. The molecule has 176 valence electrons. The molecule has 2 heterocycles. The highest BCUT2D eigenvalue weighted by Crippen LogP contribution is 2.22. The van der Waals surface area contributed by atoms with Crippen LogP contribution in [-0.4, -0.2) is 30.5 Å². The molecule has 4 rings (SSSR count). The first-order valence-corrected chi connectivity index (χ1v) is 12.4. The van der Waals surface area contributed by atoms with Crippen LogP contribution < -0.4 is 20.9 Å². The van der Waals surface area contributed by atoms with Crippen LogP contribution in [0.5, 0.6) is 0 Å². The number of urea groups is 1. The van der Waals surface area contributed by atoms with Gasteiger partial charge in [-0.2, -0.15) is 0 Å². The monoisotopic (exact) mass is 501 g/mol. The topological polar surface area (TPSA) is 122 Å². The lowest BCUT2D eigenvalue weighted by Crippen LogP contribution is -2.34. The molecule has 3 N–H and O–H groups in total. The fraction of sp³-hybridized carbons (Fsp3) is 0.136. The van der Waals surface area contributed by atoms with E-state index in [2.05, 4.69) is 15.6 Å². The number of hydrogen-bond donors (Lipinski definition) is 3. The Morgan fingerprint density at radius 3 is 2.56 bits per heavy atom. The van der Waals surface area contributed by atoms with Crippen LogP contribution in [0.15, 0.2) is 63.9 Å². The maximum atomic E-state index is 14.9. The predicted octanol–water partition coefficient (Wildman–Crippen LogP) is 3.84. The number of rotatable bonds is 6. The number of anilines is 2. The summed E-state index contributed by atoms with van der Waals surface area (Å²) in [6.45, 7) is 4.40. The van der Waals surface area contributed by atoms with Gasteiger partial charge in [-0.3, -0.25) is 9.36 Å². The molecule has 0 atom stereocenters. The third kappa shape index (κ3) is 4.77. The van der Waals surface area contributed by atoms with Gasteiger partial charge < -0.3 is 10.6 Å². The van der Waals surface area contributed by atoms with Crippen molar-refractivity contribution >= 4 is 49.7 Å². The number of sulfonamides is 1. The lowest BCUT2D eigenvalue weighted by molar-refractivity contribution is 0.256. The molecule has 0 saturated heterocycles. The molecule has 0 aliphatic rings. The maximum absolute atomic E-state index is 14.9. The van der Waals surface area contributed by atoms with E-state index in [1.54, 1.807) is 31.2 Å². The van der Waals surface area contributed by atoms with Gasteiger partial charge in [-0.15, -0.1) is 11.3 Å². The van der Waals surface area contributed by atoms with E-state index in [0.717, 1.165) is 32.5 Å². The first kappa shape index (κ1) is 23.4. The molecule has 34 heavy (non-hydrogen) atoms. The van der Waals surface area contributed by atoms with Crippen LogP contribution in [0.1, 0.15) is 11.8 Å². The molecule has 2 aromatic carbocycles. The lowest BCUT2D eigenvalue weighted by Gasteiger charge is -2.11. The number of amides is 2. The Balaban J connectivity index is 1.56. The van der Waals surface area contributed by atoms with E-state index in [0.29, 0.717) is 17.4 Å². The van der Waals surface area contributed by atoms with Gasteiger partial charge in [0, 0.05) is 22.8 Å². The van der Waals surface area contributed by atoms with Crippen LogP contribution in [0, 0.1) is 12.7 Å². The third-order valence-corrected chi connectivity index (χ3v) is 7.64. The number of benzene rings is 2. The molecular weight excluding hydrogens is 481 g/mol. The van der Waals surface area contributed by atoms with Crippen molar-refractivity contribution in [2.75, 3.05) is 17.2 Å². The van der Waals surface area contributed by atoms with E-state index in [4.69, 9.17) is 0 Å². The Morgan fingerprint density at radius 2 is 1.88 bits per heavy atom. The van der Waals surface area contributed by atoms with Crippen molar-refractivity contribution in [1.82, 2.24) is 14.3 Å². The molecule has 0 saturated carbocycles. The summed E-state index contributed by atoms with van der Waals surface area (Å²) in [5, 5.41) is 5.74. The first-order valence-electron chi connectivity index (χ1n) is 10.1. The number of carbonyl (C=O) groups excluding carboxylic acids is 1. The number of carbonyl (C=O) groups is 1. The van der Waals surface area contributed by atoms with Gasteiger partial charge in [0.25, 0.3) is 15.6 Å². The molecule has 9 nitrogen and oxygen atoms in total. The number of hydrogen-bond acceptors (Lipinski definition) is 7. The average molecular weight is 502 g/mol. The van der Waals surface area contributed by atoms with Crippen molar-refractivity contribution in [3.8, 4) is 5.69 Å². The molecule has 12 heteroatoms. The quantitative estimate of drug-likeness (QED) is 0.369. The first-order chi connectivity index (χ1) is 16.2. The molecule has 0 spiro atoms. The Morgan fingerprint density at radius 1 is 1.12 bits per heavy atom. The van der Waals surface area contributed by atoms with E-state index < -0.39 is 27.4 Å². The van der Waals surface area contributed by atoms with Crippen molar-refractivity contribution < 1.29 is 17.6 Å². The molecule has 0 fully saturated rings. The number of aryl methyl sites for hydroxylation is 1. The van der Waals surface area contributed by atoms with Gasteiger partial charge in [0.2, 0.25) is 0 Å². The summed E-state index contributed by atoms with van der Waals surface area (Å²) in [4.78, 5) is 30.1. The number of nitrogens with one attached hydrogen (secondary N) is 3. The summed E-state index contributed by atoms with van der Waals surface area (Å²) in [7, 11) is -4.05. The fourth-order valence-corrected chi connectivity index (χ4v) is 5.46. The Bertz CT molecular complexity index is 1560. The molecule has 2 amide bonds. The molecule has 0 radical (unpaired) electrons. The molecular formula is C22H20FN5O4S2. The largest absolute Gasteiger partial charge is 0.385 e. The summed E-state index contributed by atoms with van der Waals surface area (Å²) in [6.07, 6.45) is 1.23. The second-order valence-electron chi connectivity index (χ2n) is 7.27. The smallest absolute Gasteiger partial charge is 0.333 e. The van der Waals surface area contributed by atoms with Crippen molar-refractivity contribution in [2.45, 2.75) is 18.1 Å². The summed E-state index contributed by atoms with van der Waals surface area (Å²) >= 11 is 1.02. The predicted molar refractivity (Wildman–Crippen MR) is 130 cm³/mol. The second kappa shape index (κ2) is 9.23. The molecule has 4 aromatic rings. The number of aromatic nitrogens is 2. The SMILES string of the molecule is CCNc1ccc2c(=O)n(-c3ccc(NC(=O)NS(=O)(=O)c4ccc(C)s4)cc3F)cnc2c1. The van der Waals surface area contributed by atoms with Gasteiger partial charge in [-0.1, -0.05) is 0 Å². The van der Waals surface area contributed by atoms with Crippen LogP contribution in [0.25, 0.3) is 16.6 Å². The minimum atomic E-state index is -4.05. The summed E-state index contributed by atoms with van der Waals surface area (Å²) in [5.41, 5.74) is 0.770. The van der Waals surface area contributed by atoms with Crippen LogP contribution in [-0.2, 0) is 10.0 Å². The van der Waals surface area contributed by atoms with E-state index in [9.17, 15) is 22.4 Å². The van der Waals surface area contributed by atoms with Crippen molar-refractivity contribution in [3.05, 3.63) is 75.9 Å². The Labute approximate surface area is 198 Å². The zero-order valence-corrected chi connectivity index (χ0v) is 19.8. The van der Waals surface area contributed by atoms with Crippen LogP contribution >= 0.6 is 11.3 Å². The number of fused-ring (bicyclic) bond motifs is 1. The highest BCUT2D eigenvalue weighted by molar-refractivity contribution is 7.92. The van der Waals surface area contributed by atoms with Gasteiger partial charge in [0.05, 0.1) is 16.6 Å². The second-order valence-corrected chi connectivity index (χ2v) is 10.5. The average Bonchev–Trinajstić information content (AvgIpc) is 3.22. The molecule has 0 unspecified atom stereocenters. The Kier molecular flexibility index (Phi) is 6.35. The molecule has 0 aliphatic carbocycles. The Hall–Kier alpha value is -3.77.